The van der Waals surface area contributed by atoms with E-state index in [0.717, 1.165) is 11.0 Å². The van der Waals surface area contributed by atoms with Gasteiger partial charge in [-0.25, -0.2) is 4.68 Å². The molecule has 1 fully saturated rings. The third kappa shape index (κ3) is 2.34. The van der Waals surface area contributed by atoms with Crippen molar-refractivity contribution in [2.75, 3.05) is 6.61 Å². The molecule has 0 amide bonds. The van der Waals surface area contributed by atoms with Gasteiger partial charge in [0.05, 0.1) is 12.1 Å². The fourth-order valence-electron chi connectivity index (χ4n) is 3.79. The third-order valence-corrected chi connectivity index (χ3v) is 5.14. The van der Waals surface area contributed by atoms with E-state index in [1.54, 1.807) is 0 Å². The van der Waals surface area contributed by atoms with Crippen molar-refractivity contribution in [1.82, 2.24) is 15.0 Å². The van der Waals surface area contributed by atoms with Gasteiger partial charge in [0.1, 0.15) is 17.2 Å². The van der Waals surface area contributed by atoms with Gasteiger partial charge in [-0.3, -0.25) is 0 Å². The number of fused-ring (bicyclic) bond motifs is 1. The summed E-state index contributed by atoms with van der Waals surface area (Å²) in [5, 5.41) is 8.89. The predicted molar refractivity (Wildman–Crippen MR) is 101 cm³/mol. The van der Waals surface area contributed by atoms with Gasteiger partial charge in [0.2, 0.25) is 0 Å². The van der Waals surface area contributed by atoms with Crippen LogP contribution in [0.15, 0.2) is 78.9 Å². The van der Waals surface area contributed by atoms with E-state index in [0.29, 0.717) is 6.61 Å². The Morgan fingerprint density at radius 2 is 1.73 bits per heavy atom. The van der Waals surface area contributed by atoms with Gasteiger partial charge in [-0.2, -0.15) is 0 Å². The van der Waals surface area contributed by atoms with Crippen LogP contribution in [0.5, 0.6) is 0 Å². The first-order valence-electron chi connectivity index (χ1n) is 8.84. The number of epoxide rings is 1. The molecule has 2 atom stereocenters. The highest BCUT2D eigenvalue weighted by molar-refractivity contribution is 5.74. The first-order chi connectivity index (χ1) is 12.8. The maximum Gasteiger partial charge on any atom is 0.143 e. The number of hydrogen-bond donors (Lipinski definition) is 0. The first-order valence-corrected chi connectivity index (χ1v) is 8.84. The summed E-state index contributed by atoms with van der Waals surface area (Å²) in [4.78, 5) is 0. The van der Waals surface area contributed by atoms with Crippen LogP contribution in [0, 0.1) is 6.92 Å². The van der Waals surface area contributed by atoms with Crippen LogP contribution in [0.1, 0.15) is 22.7 Å². The number of aryl methyl sites for hydroxylation is 1. The molecule has 2 heterocycles. The molecule has 3 aromatic carbocycles. The zero-order valence-electron chi connectivity index (χ0n) is 14.5. The van der Waals surface area contributed by atoms with E-state index in [1.807, 2.05) is 28.9 Å². The smallest absolute Gasteiger partial charge is 0.143 e. The SMILES string of the molecule is Cc1cccc([C@]2([C@H](c3ccccc3)n3nnc4ccccc43)CO2)c1. The van der Waals surface area contributed by atoms with Gasteiger partial charge in [-0.15, -0.1) is 5.10 Å². The van der Waals surface area contributed by atoms with Crippen LogP contribution in [-0.4, -0.2) is 21.6 Å². The lowest BCUT2D eigenvalue weighted by atomic mass is 9.86. The van der Waals surface area contributed by atoms with Gasteiger partial charge in [0.15, 0.2) is 0 Å². The number of rotatable bonds is 4. The minimum atomic E-state index is -0.413. The monoisotopic (exact) mass is 341 g/mol. The van der Waals surface area contributed by atoms with E-state index in [-0.39, 0.29) is 6.04 Å². The average Bonchev–Trinajstić information content (AvgIpc) is 3.37. The summed E-state index contributed by atoms with van der Waals surface area (Å²) in [5.41, 5.74) is 5.09. The minimum absolute atomic E-state index is 0.0714. The van der Waals surface area contributed by atoms with Crippen LogP contribution in [0.2, 0.25) is 0 Å². The Kier molecular flexibility index (Phi) is 3.40. The maximum absolute atomic E-state index is 6.14. The number of hydrogen-bond acceptors (Lipinski definition) is 3. The Balaban J connectivity index is 1.73. The zero-order chi connectivity index (χ0) is 17.6. The van der Waals surface area contributed by atoms with Crippen molar-refractivity contribution in [2.24, 2.45) is 0 Å². The fourth-order valence-corrected chi connectivity index (χ4v) is 3.79. The summed E-state index contributed by atoms with van der Waals surface area (Å²) in [7, 11) is 0. The molecule has 0 radical (unpaired) electrons. The highest BCUT2D eigenvalue weighted by Gasteiger charge is 2.55. The van der Waals surface area contributed by atoms with Crippen molar-refractivity contribution in [3.8, 4) is 0 Å². The summed E-state index contributed by atoms with van der Waals surface area (Å²) < 4.78 is 8.15. The van der Waals surface area contributed by atoms with Gasteiger partial charge in [-0.05, 0) is 30.2 Å². The Labute approximate surface area is 152 Å². The number of aromatic nitrogens is 3. The lowest BCUT2D eigenvalue weighted by molar-refractivity contribution is 0.235. The van der Waals surface area contributed by atoms with E-state index < -0.39 is 5.60 Å². The molecule has 5 rings (SSSR count). The Bertz CT molecular complexity index is 1070. The quantitative estimate of drug-likeness (QED) is 0.521. The van der Waals surface area contributed by atoms with Crippen molar-refractivity contribution >= 4 is 11.0 Å². The number of benzene rings is 3. The van der Waals surface area contributed by atoms with Crippen LogP contribution >= 0.6 is 0 Å². The van der Waals surface area contributed by atoms with Gasteiger partial charge in [0.25, 0.3) is 0 Å². The molecular weight excluding hydrogens is 322 g/mol. The molecule has 128 valence electrons. The second kappa shape index (κ2) is 5.78. The van der Waals surface area contributed by atoms with E-state index in [1.165, 1.54) is 16.7 Å². The van der Waals surface area contributed by atoms with Gasteiger partial charge in [-0.1, -0.05) is 77.5 Å². The maximum atomic E-state index is 6.14. The Morgan fingerprint density at radius 3 is 2.50 bits per heavy atom. The molecule has 1 aliphatic heterocycles. The lowest BCUT2D eigenvalue weighted by Crippen LogP contribution is -2.28. The van der Waals surface area contributed by atoms with Crippen LogP contribution in [0.4, 0.5) is 0 Å². The predicted octanol–water partition coefficient (Wildman–Crippen LogP) is 4.25. The molecule has 0 aliphatic carbocycles. The third-order valence-electron chi connectivity index (χ3n) is 5.14. The molecule has 1 aliphatic rings. The van der Waals surface area contributed by atoms with E-state index in [2.05, 4.69) is 71.8 Å². The van der Waals surface area contributed by atoms with Gasteiger partial charge in [0, 0.05) is 0 Å². The summed E-state index contributed by atoms with van der Waals surface area (Å²) >= 11 is 0. The Morgan fingerprint density at radius 1 is 0.962 bits per heavy atom. The second-order valence-electron chi connectivity index (χ2n) is 6.88. The molecule has 0 saturated carbocycles. The standard InChI is InChI=1S/C22H19N3O/c1-16-8-7-11-18(14-16)22(15-26-22)21(17-9-3-2-4-10-17)25-20-13-6-5-12-19(20)23-24-25/h2-14,21H,15H2,1H3/t21-,22-/m0/s1. The van der Waals surface area contributed by atoms with Crippen molar-refractivity contribution in [3.05, 3.63) is 95.6 Å². The van der Waals surface area contributed by atoms with E-state index >= 15 is 0 Å². The van der Waals surface area contributed by atoms with Crippen LogP contribution in [0.3, 0.4) is 0 Å². The molecule has 1 aromatic heterocycles. The van der Waals surface area contributed by atoms with Gasteiger partial charge < -0.3 is 4.74 Å². The van der Waals surface area contributed by atoms with Crippen molar-refractivity contribution in [1.29, 1.82) is 0 Å². The molecular formula is C22H19N3O. The number of para-hydroxylation sites is 1. The summed E-state index contributed by atoms with van der Waals surface area (Å²) in [6, 6.07) is 27.0. The van der Waals surface area contributed by atoms with Gasteiger partial charge >= 0.3 is 0 Å². The van der Waals surface area contributed by atoms with Crippen molar-refractivity contribution < 1.29 is 4.74 Å². The van der Waals surface area contributed by atoms with Crippen molar-refractivity contribution in [3.63, 3.8) is 0 Å². The highest BCUT2D eigenvalue weighted by atomic mass is 16.6. The fraction of sp³-hybridized carbons (Fsp3) is 0.182. The van der Waals surface area contributed by atoms with Crippen LogP contribution in [0.25, 0.3) is 11.0 Å². The van der Waals surface area contributed by atoms with Crippen LogP contribution in [-0.2, 0) is 10.3 Å². The van der Waals surface area contributed by atoms with Crippen molar-refractivity contribution in [2.45, 2.75) is 18.6 Å². The molecule has 1 saturated heterocycles. The number of ether oxygens (including phenoxy) is 1. The normalized spacial score (nSPS) is 20.2. The highest BCUT2D eigenvalue weighted by Crippen LogP contribution is 2.51. The minimum Gasteiger partial charge on any atom is -0.362 e. The largest absolute Gasteiger partial charge is 0.362 e. The molecule has 0 N–H and O–H groups in total. The molecule has 0 bridgehead atoms. The molecule has 0 spiro atoms. The lowest BCUT2D eigenvalue weighted by Gasteiger charge is -2.26. The Hall–Kier alpha value is -2.98. The topological polar surface area (TPSA) is 43.2 Å². The first kappa shape index (κ1) is 15.3. The second-order valence-corrected chi connectivity index (χ2v) is 6.88. The molecule has 4 heteroatoms. The summed E-state index contributed by atoms with van der Waals surface area (Å²) in [6.45, 7) is 2.78. The molecule has 26 heavy (non-hydrogen) atoms. The van der Waals surface area contributed by atoms with E-state index in [9.17, 15) is 0 Å². The molecule has 4 aromatic rings. The summed E-state index contributed by atoms with van der Waals surface area (Å²) in [5.74, 6) is 0. The summed E-state index contributed by atoms with van der Waals surface area (Å²) in [6.07, 6.45) is 0. The molecule has 4 nitrogen and oxygen atoms in total. The molecule has 0 unspecified atom stereocenters. The number of nitrogens with zero attached hydrogens (tertiary/aromatic N) is 3. The van der Waals surface area contributed by atoms with Crippen LogP contribution < -0.4 is 0 Å². The average molecular weight is 341 g/mol. The van der Waals surface area contributed by atoms with E-state index in [4.69, 9.17) is 4.74 Å². The zero-order valence-corrected chi connectivity index (χ0v) is 14.5.